The van der Waals surface area contributed by atoms with E-state index >= 15 is 0 Å². The molecule has 2 aromatic carbocycles. The molecule has 1 heterocycles. The first kappa shape index (κ1) is 17.3. The summed E-state index contributed by atoms with van der Waals surface area (Å²) in [5.74, 6) is 1.08. The Balaban J connectivity index is 1.77. The molecular weight excluding hydrogens is 366 g/mol. The first-order valence-corrected chi connectivity index (χ1v) is 9.94. The minimum Gasteiger partial charge on any atom is -0.298 e. The summed E-state index contributed by atoms with van der Waals surface area (Å²) in [5.41, 5.74) is 1.92. The van der Waals surface area contributed by atoms with Gasteiger partial charge in [0.05, 0.1) is 5.25 Å². The summed E-state index contributed by atoms with van der Waals surface area (Å²) in [6.07, 6.45) is 3.65. The molecule has 132 valence electrons. The van der Waals surface area contributed by atoms with Gasteiger partial charge in [0.2, 0.25) is 0 Å². The van der Waals surface area contributed by atoms with E-state index in [4.69, 9.17) is 11.6 Å². The van der Waals surface area contributed by atoms with Crippen molar-refractivity contribution in [1.82, 2.24) is 14.8 Å². The Hall–Kier alpha value is -2.11. The zero-order valence-electron chi connectivity index (χ0n) is 14.1. The van der Waals surface area contributed by atoms with Crippen molar-refractivity contribution < 1.29 is 4.79 Å². The Labute approximate surface area is 161 Å². The third-order valence-corrected chi connectivity index (χ3v) is 6.01. The van der Waals surface area contributed by atoms with Gasteiger partial charge in [-0.1, -0.05) is 60.1 Å². The Morgan fingerprint density at radius 1 is 1.00 bits per heavy atom. The van der Waals surface area contributed by atoms with Gasteiger partial charge in [0.25, 0.3) is 0 Å². The van der Waals surface area contributed by atoms with Gasteiger partial charge in [0, 0.05) is 22.7 Å². The van der Waals surface area contributed by atoms with Crippen LogP contribution in [0.15, 0.2) is 59.8 Å². The first-order valence-electron chi connectivity index (χ1n) is 8.68. The zero-order chi connectivity index (χ0) is 17.9. The number of benzene rings is 2. The van der Waals surface area contributed by atoms with Gasteiger partial charge in [0.15, 0.2) is 11.0 Å². The molecule has 0 bridgehead atoms. The van der Waals surface area contributed by atoms with Crippen molar-refractivity contribution in [2.24, 2.45) is 0 Å². The molecule has 0 saturated heterocycles. The lowest BCUT2D eigenvalue weighted by molar-refractivity contribution is -0.119. The van der Waals surface area contributed by atoms with Gasteiger partial charge in [-0.3, -0.25) is 9.36 Å². The molecule has 0 amide bonds. The molecule has 3 aromatic rings. The second-order valence-corrected chi connectivity index (χ2v) is 7.91. The lowest BCUT2D eigenvalue weighted by Crippen LogP contribution is -2.21. The number of hydrogen-bond donors (Lipinski definition) is 0. The monoisotopic (exact) mass is 383 g/mol. The van der Waals surface area contributed by atoms with Gasteiger partial charge in [0.1, 0.15) is 5.78 Å². The molecule has 0 N–H and O–H groups in total. The van der Waals surface area contributed by atoms with E-state index in [2.05, 4.69) is 10.2 Å². The summed E-state index contributed by atoms with van der Waals surface area (Å²) in [6.45, 7) is 0. The van der Waals surface area contributed by atoms with Crippen LogP contribution in [0.25, 0.3) is 17.1 Å². The quantitative estimate of drug-likeness (QED) is 0.621. The van der Waals surface area contributed by atoms with Crippen LogP contribution in [-0.4, -0.2) is 25.8 Å². The predicted octanol–water partition coefficient (Wildman–Crippen LogP) is 5.19. The van der Waals surface area contributed by atoms with Crippen molar-refractivity contribution in [3.63, 3.8) is 0 Å². The number of halogens is 1. The fourth-order valence-corrected chi connectivity index (χ4v) is 4.45. The number of Topliss-reactive ketones (excluding diaryl/α,β-unsaturated/α-hetero) is 1. The highest BCUT2D eigenvalue weighted by molar-refractivity contribution is 8.00. The molecular formula is C20H18ClN3OS. The van der Waals surface area contributed by atoms with Crippen molar-refractivity contribution >= 4 is 29.1 Å². The number of nitrogens with zero attached hydrogens (tertiary/aromatic N) is 3. The second-order valence-electron chi connectivity index (χ2n) is 6.30. The van der Waals surface area contributed by atoms with Crippen LogP contribution in [0.2, 0.25) is 5.02 Å². The van der Waals surface area contributed by atoms with Crippen molar-refractivity contribution in [3.05, 3.63) is 59.6 Å². The minimum atomic E-state index is -0.0392. The average Bonchev–Trinajstić information content (AvgIpc) is 3.09. The van der Waals surface area contributed by atoms with Crippen LogP contribution in [0.4, 0.5) is 0 Å². The number of carbonyl (C=O) groups is 1. The number of aromatic nitrogens is 3. The second kappa shape index (κ2) is 7.64. The Bertz CT molecular complexity index is 909. The van der Waals surface area contributed by atoms with E-state index < -0.39 is 0 Å². The van der Waals surface area contributed by atoms with E-state index in [0.717, 1.165) is 41.5 Å². The van der Waals surface area contributed by atoms with Gasteiger partial charge in [-0.25, -0.2) is 0 Å². The maximum atomic E-state index is 12.3. The highest BCUT2D eigenvalue weighted by atomic mass is 35.5. The van der Waals surface area contributed by atoms with Crippen LogP contribution in [0, 0.1) is 0 Å². The van der Waals surface area contributed by atoms with E-state index in [-0.39, 0.29) is 5.25 Å². The van der Waals surface area contributed by atoms with Crippen molar-refractivity contribution in [1.29, 1.82) is 0 Å². The lowest BCUT2D eigenvalue weighted by atomic mass is 9.99. The summed E-state index contributed by atoms with van der Waals surface area (Å²) < 4.78 is 2.01. The third kappa shape index (κ3) is 3.55. The summed E-state index contributed by atoms with van der Waals surface area (Å²) in [7, 11) is 0. The molecule has 0 spiro atoms. The maximum Gasteiger partial charge on any atom is 0.196 e. The summed E-state index contributed by atoms with van der Waals surface area (Å²) >= 11 is 7.57. The molecule has 1 saturated carbocycles. The molecule has 1 aliphatic carbocycles. The molecule has 0 aliphatic heterocycles. The van der Waals surface area contributed by atoms with Crippen LogP contribution in [-0.2, 0) is 4.79 Å². The fourth-order valence-electron chi connectivity index (χ4n) is 3.15. The number of carbonyl (C=O) groups excluding carboxylic acids is 1. The van der Waals surface area contributed by atoms with Crippen molar-refractivity contribution in [3.8, 4) is 17.1 Å². The topological polar surface area (TPSA) is 47.8 Å². The van der Waals surface area contributed by atoms with E-state index in [1.807, 2.05) is 59.2 Å². The van der Waals surface area contributed by atoms with Gasteiger partial charge in [-0.2, -0.15) is 0 Å². The summed E-state index contributed by atoms with van der Waals surface area (Å²) in [5, 5.41) is 10.2. The number of hydrogen-bond acceptors (Lipinski definition) is 4. The molecule has 1 aliphatic rings. The largest absolute Gasteiger partial charge is 0.298 e. The van der Waals surface area contributed by atoms with Gasteiger partial charge >= 0.3 is 0 Å². The molecule has 1 atom stereocenters. The van der Waals surface area contributed by atoms with E-state index in [1.165, 1.54) is 11.8 Å². The standard InChI is InChI=1S/C20H18ClN3OS/c21-15-10-12-16(13-11-15)24-19(14-6-2-1-3-7-14)22-23-20(24)26-18-9-5-4-8-17(18)25/h1-3,6-7,10-13,18H,4-5,8-9H2/t18-/m0/s1. The first-order chi connectivity index (χ1) is 12.7. The van der Waals surface area contributed by atoms with Crippen LogP contribution < -0.4 is 0 Å². The normalized spacial score (nSPS) is 17.4. The Morgan fingerprint density at radius 3 is 2.50 bits per heavy atom. The fraction of sp³-hybridized carbons (Fsp3) is 0.250. The number of thioether (sulfide) groups is 1. The highest BCUT2D eigenvalue weighted by Gasteiger charge is 2.26. The molecule has 1 fully saturated rings. The van der Waals surface area contributed by atoms with Crippen LogP contribution in [0.1, 0.15) is 25.7 Å². The molecule has 0 unspecified atom stereocenters. The molecule has 0 radical (unpaired) electrons. The van der Waals surface area contributed by atoms with Crippen LogP contribution in [0.5, 0.6) is 0 Å². The smallest absolute Gasteiger partial charge is 0.196 e. The van der Waals surface area contributed by atoms with Crippen LogP contribution in [0.3, 0.4) is 0 Å². The van der Waals surface area contributed by atoms with E-state index in [9.17, 15) is 4.79 Å². The Morgan fingerprint density at radius 2 is 1.77 bits per heavy atom. The van der Waals surface area contributed by atoms with Gasteiger partial charge in [-0.05, 0) is 37.1 Å². The predicted molar refractivity (Wildman–Crippen MR) is 105 cm³/mol. The van der Waals surface area contributed by atoms with Crippen LogP contribution >= 0.6 is 23.4 Å². The summed E-state index contributed by atoms with van der Waals surface area (Å²) in [4.78, 5) is 12.3. The zero-order valence-corrected chi connectivity index (χ0v) is 15.7. The van der Waals surface area contributed by atoms with E-state index in [1.54, 1.807) is 0 Å². The van der Waals surface area contributed by atoms with Crippen molar-refractivity contribution in [2.45, 2.75) is 36.1 Å². The maximum absolute atomic E-state index is 12.3. The molecule has 4 rings (SSSR count). The molecule has 26 heavy (non-hydrogen) atoms. The lowest BCUT2D eigenvalue weighted by Gasteiger charge is -2.20. The Kier molecular flexibility index (Phi) is 5.09. The van der Waals surface area contributed by atoms with Crippen molar-refractivity contribution in [2.75, 3.05) is 0 Å². The highest BCUT2D eigenvalue weighted by Crippen LogP contribution is 2.34. The summed E-state index contributed by atoms with van der Waals surface area (Å²) in [6, 6.07) is 17.6. The SMILES string of the molecule is O=C1CCCC[C@@H]1Sc1nnc(-c2ccccc2)n1-c1ccc(Cl)cc1. The molecule has 1 aromatic heterocycles. The molecule has 4 nitrogen and oxygen atoms in total. The van der Waals surface area contributed by atoms with Gasteiger partial charge in [-0.15, -0.1) is 10.2 Å². The minimum absolute atomic E-state index is 0.0392. The average molecular weight is 384 g/mol. The number of rotatable bonds is 4. The van der Waals surface area contributed by atoms with E-state index in [0.29, 0.717) is 17.2 Å². The molecule has 6 heteroatoms. The third-order valence-electron chi connectivity index (χ3n) is 4.50. The number of ketones is 1. The van der Waals surface area contributed by atoms with Gasteiger partial charge < -0.3 is 0 Å².